The van der Waals surface area contributed by atoms with Crippen molar-refractivity contribution in [2.24, 2.45) is 0 Å². The Kier molecular flexibility index (Phi) is 6.07. The van der Waals surface area contributed by atoms with Gasteiger partial charge in [0.15, 0.2) is 5.75 Å². The van der Waals surface area contributed by atoms with Crippen LogP contribution in [0.5, 0.6) is 5.75 Å². The lowest BCUT2D eigenvalue weighted by molar-refractivity contribution is -0.0388. The summed E-state index contributed by atoms with van der Waals surface area (Å²) in [5, 5.41) is 11.7. The third kappa shape index (κ3) is 5.04. The van der Waals surface area contributed by atoms with Gasteiger partial charge in [0.2, 0.25) is 5.92 Å². The summed E-state index contributed by atoms with van der Waals surface area (Å²) in [6.07, 6.45) is 14.0. The maximum absolute atomic E-state index is 13.9. The van der Waals surface area contributed by atoms with Crippen LogP contribution in [0.15, 0.2) is 49.0 Å². The van der Waals surface area contributed by atoms with Gasteiger partial charge in [-0.1, -0.05) is 6.08 Å². The number of nitrogens with one attached hydrogen (secondary N) is 2. The average molecular weight is 499 g/mol. The summed E-state index contributed by atoms with van der Waals surface area (Å²) in [4.78, 5) is 6.74. The van der Waals surface area contributed by atoms with Gasteiger partial charge in [-0.25, -0.2) is 13.8 Å². The van der Waals surface area contributed by atoms with E-state index < -0.39 is 11.8 Å². The molecule has 8 nitrogen and oxygen atoms in total. The van der Waals surface area contributed by atoms with Crippen LogP contribution in [0.2, 0.25) is 0 Å². The standard InChI is InChI=1S/C26H32F2N6O2/c27-25(28)9-5-19(6-10-25)24-22(18-34(32-24)21-3-4-21)36-26(8-1-2-11-30-26)31-20-7-12-29-23(17-20)33-13-15-35-16-14-33/h1-2,7-8,11-12,17-19,21,30H,3-6,9-10,13-16H2,(H,29,31). The molecule has 0 amide bonds. The zero-order valence-corrected chi connectivity index (χ0v) is 20.2. The van der Waals surface area contributed by atoms with Gasteiger partial charge in [-0.05, 0) is 37.8 Å². The van der Waals surface area contributed by atoms with Crippen LogP contribution in [0.1, 0.15) is 56.2 Å². The van der Waals surface area contributed by atoms with Gasteiger partial charge in [-0.2, -0.15) is 5.10 Å². The topological polar surface area (TPSA) is 76.5 Å². The molecule has 6 rings (SSSR count). The largest absolute Gasteiger partial charge is 0.443 e. The van der Waals surface area contributed by atoms with Gasteiger partial charge in [0, 0.05) is 62.1 Å². The summed E-state index contributed by atoms with van der Waals surface area (Å²) >= 11 is 0. The molecule has 192 valence electrons. The number of pyridine rings is 1. The molecule has 2 aliphatic carbocycles. The Morgan fingerprint density at radius 3 is 2.64 bits per heavy atom. The van der Waals surface area contributed by atoms with Crippen molar-refractivity contribution in [2.45, 2.75) is 62.3 Å². The Balaban J connectivity index is 1.27. The zero-order chi connectivity index (χ0) is 24.6. The van der Waals surface area contributed by atoms with Crippen LogP contribution in [0.4, 0.5) is 20.3 Å². The molecule has 2 aliphatic heterocycles. The first-order valence-corrected chi connectivity index (χ1v) is 12.8. The third-order valence-corrected chi connectivity index (χ3v) is 7.27. The van der Waals surface area contributed by atoms with Crippen molar-refractivity contribution in [3.8, 4) is 5.75 Å². The molecule has 2 aromatic heterocycles. The van der Waals surface area contributed by atoms with Crippen LogP contribution in [0.3, 0.4) is 0 Å². The second-order valence-corrected chi connectivity index (χ2v) is 10.0. The molecule has 1 atom stereocenters. The monoisotopic (exact) mass is 498 g/mol. The molecule has 1 unspecified atom stereocenters. The predicted molar refractivity (Wildman–Crippen MR) is 132 cm³/mol. The fourth-order valence-corrected chi connectivity index (χ4v) is 5.07. The normalized spacial score (nSPS) is 26.0. The minimum absolute atomic E-state index is 0.0476. The van der Waals surface area contributed by atoms with E-state index >= 15 is 0 Å². The van der Waals surface area contributed by atoms with Crippen LogP contribution in [0, 0.1) is 0 Å². The number of anilines is 2. The van der Waals surface area contributed by atoms with E-state index in [1.807, 2.05) is 47.4 Å². The van der Waals surface area contributed by atoms with Crippen LogP contribution >= 0.6 is 0 Å². The molecule has 0 bridgehead atoms. The smallest absolute Gasteiger partial charge is 0.280 e. The van der Waals surface area contributed by atoms with Crippen LogP contribution in [0.25, 0.3) is 0 Å². The summed E-state index contributed by atoms with van der Waals surface area (Å²) in [7, 11) is 0. The lowest BCUT2D eigenvalue weighted by atomic mass is 9.84. The fourth-order valence-electron chi connectivity index (χ4n) is 5.07. The van der Waals surface area contributed by atoms with Gasteiger partial charge in [0.1, 0.15) is 11.5 Å². The van der Waals surface area contributed by atoms with E-state index in [1.165, 1.54) is 0 Å². The van der Waals surface area contributed by atoms with Crippen molar-refractivity contribution in [3.63, 3.8) is 0 Å². The number of ether oxygens (including phenoxy) is 2. The molecule has 1 saturated heterocycles. The Bertz CT molecular complexity index is 1130. The quantitative estimate of drug-likeness (QED) is 0.542. The van der Waals surface area contributed by atoms with Crippen molar-refractivity contribution in [1.82, 2.24) is 20.1 Å². The average Bonchev–Trinajstić information content (AvgIpc) is 3.66. The highest BCUT2D eigenvalue weighted by atomic mass is 19.3. The number of hydrogen-bond acceptors (Lipinski definition) is 7. The van der Waals surface area contributed by atoms with E-state index in [1.54, 1.807) is 6.20 Å². The highest BCUT2D eigenvalue weighted by Gasteiger charge is 2.40. The van der Waals surface area contributed by atoms with Crippen LogP contribution < -0.4 is 20.3 Å². The SMILES string of the molecule is FC1(F)CCC(c2nn(C3CC3)cc2OC2(Nc3ccnc(N4CCOCC4)c3)C=CC=CN2)CC1. The second kappa shape index (κ2) is 9.38. The van der Waals surface area contributed by atoms with Crippen LogP contribution in [-0.4, -0.2) is 52.8 Å². The van der Waals surface area contributed by atoms with E-state index in [0.717, 1.165) is 43.1 Å². The predicted octanol–water partition coefficient (Wildman–Crippen LogP) is 4.56. The van der Waals surface area contributed by atoms with E-state index in [-0.39, 0.29) is 18.8 Å². The number of allylic oxidation sites excluding steroid dienone is 2. The molecule has 4 aliphatic rings. The Labute approximate surface area is 209 Å². The number of hydrogen-bond donors (Lipinski definition) is 2. The van der Waals surface area contributed by atoms with E-state index in [4.69, 9.17) is 14.6 Å². The highest BCUT2D eigenvalue weighted by molar-refractivity contribution is 5.55. The number of morpholine rings is 1. The van der Waals surface area contributed by atoms with Gasteiger partial charge in [0.05, 0.1) is 25.5 Å². The molecule has 4 heterocycles. The first kappa shape index (κ1) is 23.3. The highest BCUT2D eigenvalue weighted by Crippen LogP contribution is 2.45. The maximum atomic E-state index is 13.9. The van der Waals surface area contributed by atoms with Crippen molar-refractivity contribution >= 4 is 11.5 Å². The third-order valence-electron chi connectivity index (χ3n) is 7.27. The molecular weight excluding hydrogens is 466 g/mol. The number of dihydropyridines is 1. The van der Waals surface area contributed by atoms with Crippen LogP contribution in [-0.2, 0) is 4.74 Å². The Morgan fingerprint density at radius 1 is 1.11 bits per heavy atom. The van der Waals surface area contributed by atoms with Gasteiger partial charge >= 0.3 is 0 Å². The second-order valence-electron chi connectivity index (χ2n) is 10.0. The molecule has 36 heavy (non-hydrogen) atoms. The summed E-state index contributed by atoms with van der Waals surface area (Å²) < 4.78 is 41.8. The van der Waals surface area contributed by atoms with Crippen molar-refractivity contribution in [3.05, 3.63) is 54.6 Å². The Morgan fingerprint density at radius 2 is 1.92 bits per heavy atom. The fraction of sp³-hybridized carbons (Fsp3) is 0.538. The Hall–Kier alpha value is -3.14. The number of halogens is 2. The minimum atomic E-state index is -2.59. The molecule has 3 fully saturated rings. The van der Waals surface area contributed by atoms with E-state index in [0.29, 0.717) is 37.8 Å². The molecule has 2 N–H and O–H groups in total. The number of aromatic nitrogens is 3. The summed E-state index contributed by atoms with van der Waals surface area (Å²) in [6, 6.07) is 4.27. The molecule has 10 heteroatoms. The first-order valence-electron chi connectivity index (χ1n) is 12.8. The van der Waals surface area contributed by atoms with Gasteiger partial charge in [0.25, 0.3) is 5.85 Å². The summed E-state index contributed by atoms with van der Waals surface area (Å²) in [5.41, 5.74) is 1.61. The summed E-state index contributed by atoms with van der Waals surface area (Å²) in [6.45, 7) is 2.96. The number of alkyl halides is 2. The van der Waals surface area contributed by atoms with Crippen molar-refractivity contribution < 1.29 is 18.3 Å². The van der Waals surface area contributed by atoms with E-state index in [9.17, 15) is 8.78 Å². The molecule has 2 aromatic rings. The molecule has 0 aromatic carbocycles. The molecule has 0 radical (unpaired) electrons. The minimum Gasteiger partial charge on any atom is -0.443 e. The zero-order valence-electron chi connectivity index (χ0n) is 20.2. The lowest BCUT2D eigenvalue weighted by Crippen LogP contribution is -2.54. The maximum Gasteiger partial charge on any atom is 0.280 e. The van der Waals surface area contributed by atoms with Crippen molar-refractivity contribution in [1.29, 1.82) is 0 Å². The van der Waals surface area contributed by atoms with Gasteiger partial charge < -0.3 is 25.0 Å². The number of rotatable bonds is 7. The first-order chi connectivity index (χ1) is 17.5. The molecule has 0 spiro atoms. The summed E-state index contributed by atoms with van der Waals surface area (Å²) in [5.74, 6) is -2.20. The van der Waals surface area contributed by atoms with Gasteiger partial charge in [-0.15, -0.1) is 0 Å². The van der Waals surface area contributed by atoms with E-state index in [2.05, 4.69) is 20.5 Å². The lowest BCUT2D eigenvalue weighted by Gasteiger charge is -2.35. The molecular formula is C26H32F2N6O2. The van der Waals surface area contributed by atoms with Gasteiger partial charge in [-0.3, -0.25) is 4.68 Å². The number of nitrogens with zero attached hydrogens (tertiary/aromatic N) is 4. The van der Waals surface area contributed by atoms with Crippen molar-refractivity contribution in [2.75, 3.05) is 36.5 Å². The molecule has 2 saturated carbocycles.